The zero-order valence-corrected chi connectivity index (χ0v) is 16.5. The first-order valence-electron chi connectivity index (χ1n) is 9.10. The SMILES string of the molecule is CCC(C)n1cc(C(NCCNC(=O)N(C)C)c2nnnn2CC(F)F)cn1. The fourth-order valence-electron chi connectivity index (χ4n) is 2.51. The first-order chi connectivity index (χ1) is 13.3. The Morgan fingerprint density at radius 2 is 2.07 bits per heavy atom. The van der Waals surface area contributed by atoms with E-state index in [0.717, 1.165) is 16.7 Å². The van der Waals surface area contributed by atoms with Crippen molar-refractivity contribution in [3.8, 4) is 0 Å². The average Bonchev–Trinajstić information content (AvgIpc) is 3.30. The van der Waals surface area contributed by atoms with Crippen molar-refractivity contribution in [2.45, 2.75) is 45.3 Å². The van der Waals surface area contributed by atoms with Gasteiger partial charge in [-0.1, -0.05) is 6.92 Å². The van der Waals surface area contributed by atoms with Gasteiger partial charge in [-0.3, -0.25) is 4.68 Å². The monoisotopic (exact) mass is 399 g/mol. The quantitative estimate of drug-likeness (QED) is 0.579. The van der Waals surface area contributed by atoms with Crippen LogP contribution in [0.5, 0.6) is 0 Å². The molecule has 2 amide bonds. The largest absolute Gasteiger partial charge is 0.337 e. The highest BCUT2D eigenvalue weighted by atomic mass is 19.3. The Kier molecular flexibility index (Phi) is 7.79. The van der Waals surface area contributed by atoms with Gasteiger partial charge in [-0.2, -0.15) is 5.10 Å². The molecular formula is C16H27F2N9O. The Balaban J connectivity index is 2.18. The Hall–Kier alpha value is -2.63. The van der Waals surface area contributed by atoms with Crippen LogP contribution in [0, 0.1) is 0 Å². The summed E-state index contributed by atoms with van der Waals surface area (Å²) < 4.78 is 28.6. The van der Waals surface area contributed by atoms with Gasteiger partial charge in [0, 0.05) is 45.0 Å². The van der Waals surface area contributed by atoms with Crippen LogP contribution in [0.3, 0.4) is 0 Å². The molecule has 2 unspecified atom stereocenters. The molecule has 2 atom stereocenters. The molecule has 0 saturated heterocycles. The van der Waals surface area contributed by atoms with Crippen molar-refractivity contribution < 1.29 is 13.6 Å². The predicted molar refractivity (Wildman–Crippen MR) is 98.0 cm³/mol. The van der Waals surface area contributed by atoms with Crippen LogP contribution in [0.2, 0.25) is 0 Å². The first-order valence-corrected chi connectivity index (χ1v) is 9.10. The highest BCUT2D eigenvalue weighted by molar-refractivity contribution is 5.73. The lowest BCUT2D eigenvalue weighted by Gasteiger charge is -2.18. The minimum atomic E-state index is -2.58. The van der Waals surface area contributed by atoms with E-state index < -0.39 is 19.0 Å². The summed E-state index contributed by atoms with van der Waals surface area (Å²) in [4.78, 5) is 13.1. The van der Waals surface area contributed by atoms with Crippen molar-refractivity contribution in [2.75, 3.05) is 27.2 Å². The van der Waals surface area contributed by atoms with E-state index in [1.165, 1.54) is 4.90 Å². The van der Waals surface area contributed by atoms with Crippen molar-refractivity contribution in [2.24, 2.45) is 0 Å². The Labute approximate surface area is 162 Å². The second kappa shape index (κ2) is 10.1. The number of alkyl halides is 2. The predicted octanol–water partition coefficient (Wildman–Crippen LogP) is 1.06. The molecule has 0 aliphatic heterocycles. The van der Waals surface area contributed by atoms with Gasteiger partial charge in [-0.05, 0) is 23.8 Å². The van der Waals surface area contributed by atoms with Gasteiger partial charge in [0.15, 0.2) is 5.82 Å². The number of rotatable bonds is 10. The number of aromatic nitrogens is 6. The second-order valence-corrected chi connectivity index (χ2v) is 6.63. The molecule has 0 aliphatic rings. The van der Waals surface area contributed by atoms with Crippen molar-refractivity contribution in [3.05, 3.63) is 23.8 Å². The van der Waals surface area contributed by atoms with Crippen molar-refractivity contribution >= 4 is 6.03 Å². The molecule has 0 fully saturated rings. The molecular weight excluding hydrogens is 372 g/mol. The van der Waals surface area contributed by atoms with Gasteiger partial charge < -0.3 is 15.5 Å². The zero-order chi connectivity index (χ0) is 20.7. The molecule has 2 N–H and O–H groups in total. The van der Waals surface area contributed by atoms with E-state index >= 15 is 0 Å². The van der Waals surface area contributed by atoms with E-state index in [9.17, 15) is 13.6 Å². The number of carbonyl (C=O) groups is 1. The number of halogens is 2. The highest BCUT2D eigenvalue weighted by Gasteiger charge is 2.24. The molecule has 2 aromatic heterocycles. The Morgan fingerprint density at radius 1 is 1.32 bits per heavy atom. The zero-order valence-electron chi connectivity index (χ0n) is 16.5. The van der Waals surface area contributed by atoms with E-state index in [4.69, 9.17) is 0 Å². The number of tetrazole rings is 1. The van der Waals surface area contributed by atoms with Crippen LogP contribution in [-0.2, 0) is 6.54 Å². The van der Waals surface area contributed by atoms with Gasteiger partial charge in [0.2, 0.25) is 0 Å². The summed E-state index contributed by atoms with van der Waals surface area (Å²) in [7, 11) is 3.29. The van der Waals surface area contributed by atoms with E-state index in [1.54, 1.807) is 20.3 Å². The van der Waals surface area contributed by atoms with Gasteiger partial charge in [0.05, 0.1) is 12.2 Å². The van der Waals surface area contributed by atoms with Crippen molar-refractivity contribution in [1.82, 2.24) is 45.5 Å². The number of nitrogens with one attached hydrogen (secondary N) is 2. The standard InChI is InChI=1S/C16H27F2N9O/c1-5-11(2)26-9-12(8-21-26)14(19-6-7-20-16(28)25(3)4)15-22-23-24-27(15)10-13(17)18/h8-9,11,13-14,19H,5-7,10H2,1-4H3,(H,20,28). The van der Waals surface area contributed by atoms with E-state index in [-0.39, 0.29) is 17.9 Å². The minimum absolute atomic E-state index is 0.200. The van der Waals surface area contributed by atoms with Gasteiger partial charge in [-0.15, -0.1) is 5.10 Å². The smallest absolute Gasteiger partial charge is 0.316 e. The minimum Gasteiger partial charge on any atom is -0.337 e. The molecule has 2 aromatic rings. The third-order valence-electron chi connectivity index (χ3n) is 4.28. The summed E-state index contributed by atoms with van der Waals surface area (Å²) in [5.41, 5.74) is 0.754. The normalized spacial score (nSPS) is 13.5. The van der Waals surface area contributed by atoms with E-state index in [2.05, 4.69) is 38.2 Å². The maximum Gasteiger partial charge on any atom is 0.316 e. The third kappa shape index (κ3) is 5.68. The van der Waals surface area contributed by atoms with Gasteiger partial charge >= 0.3 is 6.03 Å². The van der Waals surface area contributed by atoms with E-state index in [1.807, 2.05) is 17.8 Å². The van der Waals surface area contributed by atoms with Gasteiger partial charge in [0.25, 0.3) is 6.43 Å². The molecule has 28 heavy (non-hydrogen) atoms. The van der Waals surface area contributed by atoms with Crippen LogP contribution < -0.4 is 10.6 Å². The number of hydrogen-bond donors (Lipinski definition) is 2. The molecule has 156 valence electrons. The number of amides is 2. The number of carbonyl (C=O) groups excluding carboxylic acids is 1. The summed E-state index contributed by atoms with van der Waals surface area (Å²) in [5.74, 6) is 0.267. The summed E-state index contributed by atoms with van der Waals surface area (Å²) >= 11 is 0. The second-order valence-electron chi connectivity index (χ2n) is 6.63. The maximum absolute atomic E-state index is 12.9. The molecule has 10 nitrogen and oxygen atoms in total. The summed E-state index contributed by atoms with van der Waals surface area (Å²) in [5, 5.41) is 21.5. The van der Waals surface area contributed by atoms with Gasteiger partial charge in [0.1, 0.15) is 6.54 Å². The fraction of sp³-hybridized carbons (Fsp3) is 0.688. The third-order valence-corrected chi connectivity index (χ3v) is 4.28. The molecule has 12 heteroatoms. The van der Waals surface area contributed by atoms with E-state index in [0.29, 0.717) is 13.1 Å². The summed E-state index contributed by atoms with van der Waals surface area (Å²) in [6.07, 6.45) is 1.85. The van der Waals surface area contributed by atoms with Gasteiger partial charge in [-0.25, -0.2) is 18.3 Å². The highest BCUT2D eigenvalue weighted by Crippen LogP contribution is 2.21. The summed E-state index contributed by atoms with van der Waals surface area (Å²) in [6, 6.07) is -0.556. The lowest BCUT2D eigenvalue weighted by Crippen LogP contribution is -2.39. The first kappa shape index (κ1) is 21.7. The van der Waals surface area contributed by atoms with Crippen molar-refractivity contribution in [1.29, 1.82) is 0 Å². The molecule has 0 aromatic carbocycles. The van der Waals surface area contributed by atoms with Crippen LogP contribution in [0.15, 0.2) is 12.4 Å². The maximum atomic E-state index is 12.9. The van der Waals surface area contributed by atoms with Crippen LogP contribution in [-0.4, -0.2) is 74.5 Å². The van der Waals surface area contributed by atoms with Crippen LogP contribution in [0.1, 0.15) is 43.7 Å². The van der Waals surface area contributed by atoms with Crippen LogP contribution >= 0.6 is 0 Å². The van der Waals surface area contributed by atoms with Crippen LogP contribution in [0.4, 0.5) is 13.6 Å². The molecule has 0 spiro atoms. The van der Waals surface area contributed by atoms with Crippen LogP contribution in [0.25, 0.3) is 0 Å². The van der Waals surface area contributed by atoms with Crippen molar-refractivity contribution in [3.63, 3.8) is 0 Å². The lowest BCUT2D eigenvalue weighted by molar-refractivity contribution is 0.119. The topological polar surface area (TPSA) is 106 Å². The lowest BCUT2D eigenvalue weighted by atomic mass is 10.1. The molecule has 2 heterocycles. The molecule has 0 bridgehead atoms. The molecule has 0 aliphatic carbocycles. The number of nitrogens with zero attached hydrogens (tertiary/aromatic N) is 7. The fourth-order valence-corrected chi connectivity index (χ4v) is 2.51. The molecule has 0 saturated carbocycles. The number of urea groups is 1. The molecule has 2 rings (SSSR count). The Morgan fingerprint density at radius 3 is 2.71 bits per heavy atom. The molecule has 0 radical (unpaired) electrons. The summed E-state index contributed by atoms with van der Waals surface area (Å²) in [6.45, 7) is 4.23. The Bertz CT molecular complexity index is 746. The average molecular weight is 399 g/mol. The number of hydrogen-bond acceptors (Lipinski definition) is 6.